The molecule has 132 valence electrons. The largest absolute Gasteiger partial charge is 0.387 e. The van der Waals surface area contributed by atoms with Crippen LogP contribution >= 0.6 is 0 Å². The molecule has 1 aliphatic rings. The second kappa shape index (κ2) is 5.89. The predicted octanol–water partition coefficient (Wildman–Crippen LogP) is 2.04. The number of aliphatic hydroxyl groups is 1. The van der Waals surface area contributed by atoms with E-state index in [1.54, 1.807) is 12.1 Å². The highest BCUT2D eigenvalue weighted by atomic mass is 19.3. The molecule has 0 spiro atoms. The summed E-state index contributed by atoms with van der Waals surface area (Å²) < 4.78 is 32.4. The van der Waals surface area contributed by atoms with Gasteiger partial charge in [0.1, 0.15) is 5.82 Å². The number of nitrogens with one attached hydrogen (secondary N) is 1. The first-order valence-corrected chi connectivity index (χ1v) is 7.87. The molecule has 9 heteroatoms. The highest BCUT2D eigenvalue weighted by Crippen LogP contribution is 2.51. The Kier molecular flexibility index (Phi) is 4.16. The Morgan fingerprint density at radius 1 is 1.42 bits per heavy atom. The average Bonchev–Trinajstić information content (AvgIpc) is 2.96. The third kappa shape index (κ3) is 2.61. The maximum atomic E-state index is 12.9. The zero-order valence-corrected chi connectivity index (χ0v) is 13.8. The van der Waals surface area contributed by atoms with Crippen LogP contribution in [0.5, 0.6) is 0 Å². The number of ether oxygens (including phenoxy) is 1. The monoisotopic (exact) mass is 341 g/mol. The third-order valence-electron chi connectivity index (χ3n) is 4.94. The van der Waals surface area contributed by atoms with Gasteiger partial charge in [-0.3, -0.25) is 0 Å². The van der Waals surface area contributed by atoms with Crippen LogP contribution in [-0.2, 0) is 4.74 Å². The first-order valence-electron chi connectivity index (χ1n) is 7.87. The second-order valence-electron chi connectivity index (χ2n) is 6.60. The SMILES string of the molecule is CCO[C@H]1C[C@@](O)(CNc2ccc3nnc(C(F)F)n3n2)C1(C)C. The van der Waals surface area contributed by atoms with Gasteiger partial charge in [-0.1, -0.05) is 13.8 Å². The Balaban J connectivity index is 1.73. The average molecular weight is 341 g/mol. The number of aromatic nitrogens is 4. The summed E-state index contributed by atoms with van der Waals surface area (Å²) in [6.45, 7) is 6.66. The molecule has 0 amide bonds. The number of alkyl halides is 2. The van der Waals surface area contributed by atoms with Crippen LogP contribution in [0.1, 0.15) is 39.4 Å². The Hall–Kier alpha value is -1.87. The van der Waals surface area contributed by atoms with Gasteiger partial charge in [-0.15, -0.1) is 15.3 Å². The lowest BCUT2D eigenvalue weighted by molar-refractivity contribution is -0.233. The van der Waals surface area contributed by atoms with Crippen LogP contribution in [0, 0.1) is 5.41 Å². The molecular formula is C15H21F2N5O2. The molecule has 0 bridgehead atoms. The summed E-state index contributed by atoms with van der Waals surface area (Å²) in [7, 11) is 0. The zero-order chi connectivity index (χ0) is 17.5. The van der Waals surface area contributed by atoms with Crippen LogP contribution in [-0.4, -0.2) is 49.8 Å². The fourth-order valence-corrected chi connectivity index (χ4v) is 3.03. The topological polar surface area (TPSA) is 84.6 Å². The van der Waals surface area contributed by atoms with Crippen LogP contribution < -0.4 is 5.32 Å². The minimum atomic E-state index is -2.76. The quantitative estimate of drug-likeness (QED) is 0.836. The van der Waals surface area contributed by atoms with Crippen molar-refractivity contribution < 1.29 is 18.6 Å². The molecule has 0 saturated heterocycles. The minimum Gasteiger partial charge on any atom is -0.387 e. The van der Waals surface area contributed by atoms with E-state index in [0.717, 1.165) is 4.52 Å². The standard InChI is InChI=1S/C15H21F2N5O2/c1-4-24-9-7-15(23,14(9,2)3)8-18-10-5-6-11-19-20-13(12(16)17)22(11)21-10/h5-6,9,12,23H,4,7-8H2,1-3H3,(H,18,21)/t9-,15+/m0/s1. The zero-order valence-electron chi connectivity index (χ0n) is 13.8. The van der Waals surface area contributed by atoms with E-state index in [1.165, 1.54) is 0 Å². The van der Waals surface area contributed by atoms with E-state index in [4.69, 9.17) is 4.74 Å². The number of anilines is 1. The third-order valence-corrected chi connectivity index (χ3v) is 4.94. The van der Waals surface area contributed by atoms with Gasteiger partial charge >= 0.3 is 0 Å². The minimum absolute atomic E-state index is 0.00646. The highest BCUT2D eigenvalue weighted by molar-refractivity contribution is 5.44. The lowest BCUT2D eigenvalue weighted by atomic mass is 9.56. The van der Waals surface area contributed by atoms with Crippen LogP contribution in [0.4, 0.5) is 14.6 Å². The van der Waals surface area contributed by atoms with E-state index in [9.17, 15) is 13.9 Å². The summed E-state index contributed by atoms with van der Waals surface area (Å²) in [6, 6.07) is 3.17. The van der Waals surface area contributed by atoms with Crippen LogP contribution in [0.25, 0.3) is 5.65 Å². The lowest BCUT2D eigenvalue weighted by Crippen LogP contribution is -2.67. The molecule has 3 rings (SSSR count). The van der Waals surface area contributed by atoms with Crippen molar-refractivity contribution in [1.29, 1.82) is 0 Å². The molecule has 0 radical (unpaired) electrons. The van der Waals surface area contributed by atoms with E-state index in [-0.39, 0.29) is 18.3 Å². The maximum Gasteiger partial charge on any atom is 0.299 e. The summed E-state index contributed by atoms with van der Waals surface area (Å²) in [5.41, 5.74) is -1.12. The van der Waals surface area contributed by atoms with Crippen LogP contribution in [0.3, 0.4) is 0 Å². The van der Waals surface area contributed by atoms with Crippen LogP contribution in [0.15, 0.2) is 12.1 Å². The van der Waals surface area contributed by atoms with Crippen molar-refractivity contribution in [3.05, 3.63) is 18.0 Å². The van der Waals surface area contributed by atoms with E-state index in [1.807, 2.05) is 20.8 Å². The fourth-order valence-electron chi connectivity index (χ4n) is 3.03. The summed E-state index contributed by atoms with van der Waals surface area (Å²) in [4.78, 5) is 0. The summed E-state index contributed by atoms with van der Waals surface area (Å²) in [6.07, 6.45) is -2.25. The molecule has 7 nitrogen and oxygen atoms in total. The van der Waals surface area contributed by atoms with E-state index in [2.05, 4.69) is 20.6 Å². The normalized spacial score (nSPS) is 25.9. The Morgan fingerprint density at radius 3 is 2.79 bits per heavy atom. The molecular weight excluding hydrogens is 320 g/mol. The molecule has 2 atom stereocenters. The van der Waals surface area contributed by atoms with Gasteiger partial charge in [0.2, 0.25) is 5.82 Å². The molecule has 2 heterocycles. The Morgan fingerprint density at radius 2 is 2.17 bits per heavy atom. The van der Waals surface area contributed by atoms with Crippen molar-refractivity contribution in [2.45, 2.75) is 45.3 Å². The number of fused-ring (bicyclic) bond motifs is 1. The molecule has 0 aliphatic heterocycles. The number of halogens is 2. The summed E-state index contributed by atoms with van der Waals surface area (Å²) in [5, 5.41) is 25.0. The lowest BCUT2D eigenvalue weighted by Gasteiger charge is -2.58. The smallest absolute Gasteiger partial charge is 0.299 e. The van der Waals surface area contributed by atoms with Gasteiger partial charge in [-0.25, -0.2) is 8.78 Å². The van der Waals surface area contributed by atoms with Gasteiger partial charge in [0.05, 0.1) is 11.7 Å². The van der Waals surface area contributed by atoms with Gasteiger partial charge in [0.25, 0.3) is 6.43 Å². The number of nitrogens with zero attached hydrogens (tertiary/aromatic N) is 4. The molecule has 1 saturated carbocycles. The van der Waals surface area contributed by atoms with Crippen molar-refractivity contribution >= 4 is 11.5 Å². The molecule has 2 aromatic rings. The van der Waals surface area contributed by atoms with E-state index < -0.39 is 23.3 Å². The van der Waals surface area contributed by atoms with E-state index in [0.29, 0.717) is 18.8 Å². The van der Waals surface area contributed by atoms with Gasteiger partial charge in [-0.05, 0) is 19.1 Å². The number of rotatable bonds is 6. The van der Waals surface area contributed by atoms with Crippen molar-refractivity contribution in [3.63, 3.8) is 0 Å². The Bertz CT molecular complexity index is 736. The molecule has 0 unspecified atom stereocenters. The summed E-state index contributed by atoms with van der Waals surface area (Å²) >= 11 is 0. The summed E-state index contributed by atoms with van der Waals surface area (Å²) in [5.74, 6) is -0.138. The van der Waals surface area contributed by atoms with Crippen molar-refractivity contribution in [2.24, 2.45) is 5.41 Å². The van der Waals surface area contributed by atoms with Crippen molar-refractivity contribution in [1.82, 2.24) is 19.8 Å². The second-order valence-corrected chi connectivity index (χ2v) is 6.60. The molecule has 24 heavy (non-hydrogen) atoms. The molecule has 0 aromatic carbocycles. The van der Waals surface area contributed by atoms with Crippen LogP contribution in [0.2, 0.25) is 0 Å². The van der Waals surface area contributed by atoms with Gasteiger partial charge in [0, 0.05) is 25.0 Å². The molecule has 1 fully saturated rings. The van der Waals surface area contributed by atoms with E-state index >= 15 is 0 Å². The van der Waals surface area contributed by atoms with Gasteiger partial charge in [0.15, 0.2) is 5.65 Å². The molecule has 2 N–H and O–H groups in total. The first kappa shape index (κ1) is 17.0. The number of hydrogen-bond acceptors (Lipinski definition) is 6. The van der Waals surface area contributed by atoms with Gasteiger partial charge < -0.3 is 15.2 Å². The van der Waals surface area contributed by atoms with Crippen molar-refractivity contribution in [3.8, 4) is 0 Å². The molecule has 1 aliphatic carbocycles. The molecule has 2 aromatic heterocycles. The first-order chi connectivity index (χ1) is 11.3. The fraction of sp³-hybridized carbons (Fsp3) is 0.667. The highest BCUT2D eigenvalue weighted by Gasteiger charge is 2.59. The Labute approximate surface area is 138 Å². The predicted molar refractivity (Wildman–Crippen MR) is 83.0 cm³/mol. The van der Waals surface area contributed by atoms with Gasteiger partial charge in [-0.2, -0.15) is 4.52 Å². The maximum absolute atomic E-state index is 12.9. The number of hydrogen-bond donors (Lipinski definition) is 2. The van der Waals surface area contributed by atoms with Crippen molar-refractivity contribution in [2.75, 3.05) is 18.5 Å².